The minimum atomic E-state index is -0.271. The van der Waals surface area contributed by atoms with Gasteiger partial charge in [-0.25, -0.2) is 4.39 Å². The Morgan fingerprint density at radius 1 is 1.48 bits per heavy atom. The van der Waals surface area contributed by atoms with Crippen LogP contribution in [0.25, 0.3) is 0 Å². The summed E-state index contributed by atoms with van der Waals surface area (Å²) >= 11 is 0. The molecule has 2 N–H and O–H groups in total. The lowest BCUT2D eigenvalue weighted by Crippen LogP contribution is -2.48. The number of likely N-dealkylation sites (N-methyl/N-ethyl adjacent to an activating group) is 1. The fourth-order valence-corrected chi connectivity index (χ4v) is 3.17. The molecule has 0 aromatic heterocycles. The number of amides is 1. The summed E-state index contributed by atoms with van der Waals surface area (Å²) in [6.07, 6.45) is 1.79. The number of nitrogens with two attached hydrogens (primary N) is 1. The molecule has 1 fully saturated rings. The molecule has 0 radical (unpaired) electrons. The Balaban J connectivity index is 2.31. The number of hydrogen-bond acceptors (Lipinski definition) is 3. The SMILES string of the molecule is CC(N)C(c1cccc(F)c1)N1CCCC1C(=O)N(C)C. The summed E-state index contributed by atoms with van der Waals surface area (Å²) < 4.78 is 13.5. The first-order valence-electron chi connectivity index (χ1n) is 7.39. The van der Waals surface area contributed by atoms with Gasteiger partial charge in [0.05, 0.1) is 12.1 Å². The van der Waals surface area contributed by atoms with Crippen molar-refractivity contribution in [1.82, 2.24) is 9.80 Å². The van der Waals surface area contributed by atoms with Crippen LogP contribution in [0.3, 0.4) is 0 Å². The van der Waals surface area contributed by atoms with E-state index in [1.807, 2.05) is 13.0 Å². The van der Waals surface area contributed by atoms with E-state index < -0.39 is 0 Å². The van der Waals surface area contributed by atoms with E-state index in [4.69, 9.17) is 5.73 Å². The molecule has 3 atom stereocenters. The zero-order valence-electron chi connectivity index (χ0n) is 12.9. The van der Waals surface area contributed by atoms with Gasteiger partial charge in [-0.15, -0.1) is 0 Å². The van der Waals surface area contributed by atoms with Crippen LogP contribution < -0.4 is 5.73 Å². The molecule has 1 aromatic rings. The second kappa shape index (κ2) is 6.54. The van der Waals surface area contributed by atoms with Crippen molar-refractivity contribution >= 4 is 5.91 Å². The average Bonchev–Trinajstić information content (AvgIpc) is 2.86. The maximum Gasteiger partial charge on any atom is 0.239 e. The zero-order valence-corrected chi connectivity index (χ0v) is 12.9. The number of carbonyl (C=O) groups excluding carboxylic acids is 1. The first-order valence-corrected chi connectivity index (χ1v) is 7.39. The molecule has 21 heavy (non-hydrogen) atoms. The highest BCUT2D eigenvalue weighted by atomic mass is 19.1. The highest BCUT2D eigenvalue weighted by Crippen LogP contribution is 2.32. The quantitative estimate of drug-likeness (QED) is 0.920. The smallest absolute Gasteiger partial charge is 0.239 e. The third-order valence-corrected chi connectivity index (χ3v) is 4.07. The largest absolute Gasteiger partial charge is 0.347 e. The molecule has 3 unspecified atom stereocenters. The van der Waals surface area contributed by atoms with Crippen LogP contribution >= 0.6 is 0 Å². The van der Waals surface area contributed by atoms with Crippen LogP contribution in [0.4, 0.5) is 4.39 Å². The Kier molecular flexibility index (Phi) is 4.96. The van der Waals surface area contributed by atoms with E-state index >= 15 is 0 Å². The van der Waals surface area contributed by atoms with Crippen molar-refractivity contribution in [3.8, 4) is 0 Å². The molecule has 2 rings (SSSR count). The first-order chi connectivity index (χ1) is 9.91. The third kappa shape index (κ3) is 3.41. The number of nitrogens with zero attached hydrogens (tertiary/aromatic N) is 2. The van der Waals surface area contributed by atoms with E-state index in [9.17, 15) is 9.18 Å². The molecule has 4 nitrogen and oxygen atoms in total. The number of benzene rings is 1. The summed E-state index contributed by atoms with van der Waals surface area (Å²) in [5, 5.41) is 0. The first kappa shape index (κ1) is 15.9. The van der Waals surface area contributed by atoms with E-state index in [2.05, 4.69) is 4.90 Å². The molecule has 0 bridgehead atoms. The molecule has 1 aliphatic rings. The maximum atomic E-state index is 13.5. The molecule has 1 saturated heterocycles. The Labute approximate surface area is 125 Å². The van der Waals surface area contributed by atoms with Gasteiger partial charge in [0.1, 0.15) is 5.82 Å². The monoisotopic (exact) mass is 293 g/mol. The lowest BCUT2D eigenvalue weighted by Gasteiger charge is -2.36. The van der Waals surface area contributed by atoms with E-state index in [-0.39, 0.29) is 29.8 Å². The van der Waals surface area contributed by atoms with E-state index in [1.54, 1.807) is 25.1 Å². The van der Waals surface area contributed by atoms with Gasteiger partial charge in [-0.3, -0.25) is 9.69 Å². The van der Waals surface area contributed by atoms with Gasteiger partial charge in [-0.2, -0.15) is 0 Å². The summed E-state index contributed by atoms with van der Waals surface area (Å²) in [5.74, 6) is -0.178. The fraction of sp³-hybridized carbons (Fsp3) is 0.562. The van der Waals surface area contributed by atoms with Crippen molar-refractivity contribution in [2.75, 3.05) is 20.6 Å². The van der Waals surface area contributed by atoms with Gasteiger partial charge in [-0.05, 0) is 44.0 Å². The minimum Gasteiger partial charge on any atom is -0.347 e. The Morgan fingerprint density at radius 2 is 2.19 bits per heavy atom. The van der Waals surface area contributed by atoms with Crippen LogP contribution in [-0.2, 0) is 4.79 Å². The maximum absolute atomic E-state index is 13.5. The second-order valence-electron chi connectivity index (χ2n) is 5.99. The van der Waals surface area contributed by atoms with Crippen LogP contribution in [0.15, 0.2) is 24.3 Å². The van der Waals surface area contributed by atoms with Crippen LogP contribution in [0.2, 0.25) is 0 Å². The normalized spacial score (nSPS) is 22.0. The topological polar surface area (TPSA) is 49.6 Å². The van der Waals surface area contributed by atoms with Crippen LogP contribution in [-0.4, -0.2) is 48.4 Å². The molecule has 0 saturated carbocycles. The zero-order chi connectivity index (χ0) is 15.6. The van der Waals surface area contributed by atoms with E-state index in [0.29, 0.717) is 0 Å². The fourth-order valence-electron chi connectivity index (χ4n) is 3.17. The number of halogens is 1. The molecule has 1 aromatic carbocycles. The Hall–Kier alpha value is -1.46. The highest BCUT2D eigenvalue weighted by Gasteiger charge is 2.38. The second-order valence-corrected chi connectivity index (χ2v) is 5.99. The van der Waals surface area contributed by atoms with Crippen molar-refractivity contribution in [2.45, 2.75) is 37.9 Å². The Morgan fingerprint density at radius 3 is 2.76 bits per heavy atom. The number of hydrogen-bond donors (Lipinski definition) is 1. The Bertz CT molecular complexity index is 504. The number of carbonyl (C=O) groups is 1. The van der Waals surface area contributed by atoms with Crippen molar-refractivity contribution in [1.29, 1.82) is 0 Å². The highest BCUT2D eigenvalue weighted by molar-refractivity contribution is 5.81. The summed E-state index contributed by atoms with van der Waals surface area (Å²) in [6, 6.07) is 6.03. The predicted molar refractivity (Wildman–Crippen MR) is 81.2 cm³/mol. The molecular formula is C16H24FN3O. The minimum absolute atomic E-state index is 0.0922. The summed E-state index contributed by atoms with van der Waals surface area (Å²) in [4.78, 5) is 16.1. The third-order valence-electron chi connectivity index (χ3n) is 4.07. The molecule has 5 heteroatoms. The van der Waals surface area contributed by atoms with Gasteiger partial charge < -0.3 is 10.6 Å². The lowest BCUT2D eigenvalue weighted by atomic mass is 9.98. The van der Waals surface area contributed by atoms with Crippen LogP contribution in [0.5, 0.6) is 0 Å². The van der Waals surface area contributed by atoms with Gasteiger partial charge >= 0.3 is 0 Å². The summed E-state index contributed by atoms with van der Waals surface area (Å²) in [5.41, 5.74) is 6.98. The van der Waals surface area contributed by atoms with Gasteiger partial charge in [0.25, 0.3) is 0 Å². The molecule has 1 heterocycles. The molecule has 1 aliphatic heterocycles. The van der Waals surface area contributed by atoms with Crippen molar-refractivity contribution < 1.29 is 9.18 Å². The predicted octanol–water partition coefficient (Wildman–Crippen LogP) is 1.77. The standard InChI is InChI=1S/C16H24FN3O/c1-11(18)15(12-6-4-7-13(17)10-12)20-9-5-8-14(20)16(21)19(2)3/h4,6-7,10-11,14-15H,5,8-9,18H2,1-3H3. The summed E-state index contributed by atoms with van der Waals surface area (Å²) in [7, 11) is 3.53. The number of rotatable bonds is 4. The van der Waals surface area contributed by atoms with Crippen LogP contribution in [0.1, 0.15) is 31.4 Å². The number of likely N-dealkylation sites (tertiary alicyclic amines) is 1. The molecule has 116 valence electrons. The lowest BCUT2D eigenvalue weighted by molar-refractivity contribution is -0.134. The molecule has 0 spiro atoms. The van der Waals surface area contributed by atoms with Gasteiger partial charge in [0.2, 0.25) is 5.91 Å². The summed E-state index contributed by atoms with van der Waals surface area (Å²) in [6.45, 7) is 2.72. The van der Waals surface area contributed by atoms with E-state index in [1.165, 1.54) is 12.1 Å². The van der Waals surface area contributed by atoms with Crippen molar-refractivity contribution in [3.63, 3.8) is 0 Å². The van der Waals surface area contributed by atoms with Crippen LogP contribution in [0, 0.1) is 5.82 Å². The van der Waals surface area contributed by atoms with Gasteiger partial charge in [0, 0.05) is 20.1 Å². The average molecular weight is 293 g/mol. The van der Waals surface area contributed by atoms with Gasteiger partial charge in [-0.1, -0.05) is 12.1 Å². The van der Waals surface area contributed by atoms with Crippen molar-refractivity contribution in [3.05, 3.63) is 35.6 Å². The molecule has 1 amide bonds. The van der Waals surface area contributed by atoms with Crippen molar-refractivity contribution in [2.24, 2.45) is 5.73 Å². The molecular weight excluding hydrogens is 269 g/mol. The molecule has 0 aliphatic carbocycles. The van der Waals surface area contributed by atoms with Gasteiger partial charge in [0.15, 0.2) is 0 Å². The van der Waals surface area contributed by atoms with E-state index in [0.717, 1.165) is 24.9 Å².